The van der Waals surface area contributed by atoms with Gasteiger partial charge in [-0.25, -0.2) is 4.39 Å². The third-order valence-electron chi connectivity index (χ3n) is 6.22. The lowest BCUT2D eigenvalue weighted by Crippen LogP contribution is -2.41. The van der Waals surface area contributed by atoms with Gasteiger partial charge in [0.1, 0.15) is 11.4 Å². The van der Waals surface area contributed by atoms with Crippen LogP contribution in [0.3, 0.4) is 0 Å². The fourth-order valence-corrected chi connectivity index (χ4v) is 4.47. The molecule has 2 aliphatic rings. The van der Waals surface area contributed by atoms with Crippen LogP contribution in [0, 0.1) is 11.7 Å². The molecule has 8 heteroatoms. The summed E-state index contributed by atoms with van der Waals surface area (Å²) < 4.78 is 14.8. The number of carbonyl (C=O) groups is 2. The van der Waals surface area contributed by atoms with Crippen molar-refractivity contribution in [3.63, 3.8) is 0 Å². The Labute approximate surface area is 180 Å². The summed E-state index contributed by atoms with van der Waals surface area (Å²) in [7, 11) is 2.05. The van der Waals surface area contributed by atoms with Gasteiger partial charge in [0.25, 0.3) is 11.5 Å². The van der Waals surface area contributed by atoms with E-state index in [4.69, 9.17) is 0 Å². The van der Waals surface area contributed by atoms with Crippen LogP contribution in [0.15, 0.2) is 35.3 Å². The van der Waals surface area contributed by atoms with Gasteiger partial charge in [0, 0.05) is 45.0 Å². The summed E-state index contributed by atoms with van der Waals surface area (Å²) in [4.78, 5) is 42.3. The van der Waals surface area contributed by atoms with Gasteiger partial charge in [0.2, 0.25) is 5.91 Å². The van der Waals surface area contributed by atoms with Crippen molar-refractivity contribution in [3.05, 3.63) is 63.3 Å². The zero-order valence-electron chi connectivity index (χ0n) is 17.9. The molecule has 2 amide bonds. The molecule has 2 aliphatic heterocycles. The lowest BCUT2D eigenvalue weighted by molar-refractivity contribution is -0.129. The van der Waals surface area contributed by atoms with Gasteiger partial charge in [-0.2, -0.15) is 0 Å². The second kappa shape index (κ2) is 8.63. The van der Waals surface area contributed by atoms with Gasteiger partial charge >= 0.3 is 0 Å². The van der Waals surface area contributed by atoms with E-state index >= 15 is 0 Å². The van der Waals surface area contributed by atoms with Crippen molar-refractivity contribution in [2.45, 2.75) is 26.3 Å². The van der Waals surface area contributed by atoms with Crippen molar-refractivity contribution in [3.8, 4) is 5.69 Å². The number of likely N-dealkylation sites (tertiary alicyclic amines) is 1. The summed E-state index contributed by atoms with van der Waals surface area (Å²) in [5.41, 5.74) is 1.62. The maximum absolute atomic E-state index is 13.4. The molecule has 3 heterocycles. The molecule has 0 saturated carbocycles. The van der Waals surface area contributed by atoms with Gasteiger partial charge in [-0.15, -0.1) is 0 Å². The molecule has 7 nitrogen and oxygen atoms in total. The minimum absolute atomic E-state index is 0.0541. The number of carbonyl (C=O) groups excluding carboxylic acids is 2. The number of halogens is 1. The number of hydrogen-bond donors (Lipinski definition) is 1. The highest BCUT2D eigenvalue weighted by atomic mass is 19.1. The molecule has 31 heavy (non-hydrogen) atoms. The van der Waals surface area contributed by atoms with Gasteiger partial charge in [-0.3, -0.25) is 19.0 Å². The van der Waals surface area contributed by atoms with Gasteiger partial charge in [-0.05, 0) is 67.7 Å². The van der Waals surface area contributed by atoms with Crippen molar-refractivity contribution in [2.75, 3.05) is 33.2 Å². The Bertz CT molecular complexity index is 1060. The van der Waals surface area contributed by atoms with Gasteiger partial charge < -0.3 is 15.1 Å². The molecule has 1 fully saturated rings. The number of fused-ring (bicyclic) bond motifs is 1. The highest BCUT2D eigenvalue weighted by Crippen LogP contribution is 2.23. The van der Waals surface area contributed by atoms with Gasteiger partial charge in [-0.1, -0.05) is 0 Å². The maximum atomic E-state index is 13.4. The largest absolute Gasteiger partial charge is 0.352 e. The average Bonchev–Trinajstić information content (AvgIpc) is 3.17. The van der Waals surface area contributed by atoms with Crippen LogP contribution in [0.25, 0.3) is 5.69 Å². The summed E-state index contributed by atoms with van der Waals surface area (Å²) in [5.74, 6) is -0.483. The molecule has 4 rings (SSSR count). The zero-order valence-corrected chi connectivity index (χ0v) is 17.9. The van der Waals surface area contributed by atoms with Crippen molar-refractivity contribution in [1.82, 2.24) is 19.7 Å². The molecule has 1 N–H and O–H groups in total. The lowest BCUT2D eigenvalue weighted by atomic mass is 9.95. The first-order chi connectivity index (χ1) is 14.8. The smallest absolute Gasteiger partial charge is 0.268 e. The second-order valence-corrected chi connectivity index (χ2v) is 8.48. The number of nitrogens with one attached hydrogen (secondary N) is 1. The first kappa shape index (κ1) is 21.2. The molecular weight excluding hydrogens is 399 g/mol. The molecule has 1 aromatic carbocycles. The molecule has 0 aliphatic carbocycles. The highest BCUT2D eigenvalue weighted by Gasteiger charge is 2.28. The minimum atomic E-state index is -0.428. The first-order valence-electron chi connectivity index (χ1n) is 10.6. The average molecular weight is 426 g/mol. The summed E-state index contributed by atoms with van der Waals surface area (Å²) in [6.45, 7) is 4.74. The van der Waals surface area contributed by atoms with Crippen LogP contribution in [-0.4, -0.2) is 59.4 Å². The molecule has 1 aromatic heterocycles. The third-order valence-corrected chi connectivity index (χ3v) is 6.22. The second-order valence-electron chi connectivity index (χ2n) is 8.48. The normalized spacial score (nSPS) is 18.7. The van der Waals surface area contributed by atoms with Crippen molar-refractivity contribution >= 4 is 11.8 Å². The molecule has 2 aromatic rings. The van der Waals surface area contributed by atoms with Crippen LogP contribution in [0.5, 0.6) is 0 Å². The van der Waals surface area contributed by atoms with Crippen molar-refractivity contribution in [1.29, 1.82) is 0 Å². The summed E-state index contributed by atoms with van der Waals surface area (Å²) >= 11 is 0. The van der Waals surface area contributed by atoms with E-state index in [-0.39, 0.29) is 17.4 Å². The molecule has 0 radical (unpaired) electrons. The van der Waals surface area contributed by atoms with Crippen LogP contribution >= 0.6 is 0 Å². The van der Waals surface area contributed by atoms with Gasteiger partial charge in [0.15, 0.2) is 0 Å². The van der Waals surface area contributed by atoms with E-state index in [1.165, 1.54) is 35.8 Å². The topological polar surface area (TPSA) is 74.6 Å². The number of benzene rings is 1. The predicted molar refractivity (Wildman–Crippen MR) is 115 cm³/mol. The van der Waals surface area contributed by atoms with Crippen LogP contribution < -0.4 is 10.9 Å². The minimum Gasteiger partial charge on any atom is -0.352 e. The summed E-state index contributed by atoms with van der Waals surface area (Å²) in [6.07, 6.45) is 3.13. The third kappa shape index (κ3) is 4.39. The lowest BCUT2D eigenvalue weighted by Gasteiger charge is -2.29. The maximum Gasteiger partial charge on any atom is 0.268 e. The monoisotopic (exact) mass is 426 g/mol. The fraction of sp³-hybridized carbons (Fsp3) is 0.435. The van der Waals surface area contributed by atoms with Crippen molar-refractivity contribution < 1.29 is 14.0 Å². The van der Waals surface area contributed by atoms with Crippen LogP contribution in [-0.2, 0) is 17.8 Å². The zero-order chi connectivity index (χ0) is 22.1. The predicted octanol–water partition coefficient (Wildman–Crippen LogP) is 1.56. The SMILES string of the molecule is CC(=O)N1CCc2c(cn(-c3ccc(F)cc3)c(=O)c2C(=O)NCC2CCN(C)C2)C1. The Balaban J connectivity index is 1.72. The number of hydrogen-bond acceptors (Lipinski definition) is 4. The summed E-state index contributed by atoms with van der Waals surface area (Å²) in [5, 5.41) is 2.95. The van der Waals surface area contributed by atoms with Crippen LogP contribution in [0.1, 0.15) is 34.8 Å². The van der Waals surface area contributed by atoms with E-state index < -0.39 is 11.4 Å². The summed E-state index contributed by atoms with van der Waals surface area (Å²) in [6, 6.07) is 5.56. The molecule has 1 unspecified atom stereocenters. The molecule has 0 bridgehead atoms. The van der Waals surface area contributed by atoms with Crippen LogP contribution in [0.2, 0.25) is 0 Å². The first-order valence-corrected chi connectivity index (χ1v) is 10.6. The Hall–Kier alpha value is -3.00. The number of nitrogens with zero attached hydrogens (tertiary/aromatic N) is 3. The van der Waals surface area contributed by atoms with E-state index in [1.807, 2.05) is 0 Å². The number of amides is 2. The Morgan fingerprint density at radius 1 is 1.19 bits per heavy atom. The van der Waals surface area contributed by atoms with E-state index in [2.05, 4.69) is 17.3 Å². The fourth-order valence-electron chi connectivity index (χ4n) is 4.47. The van der Waals surface area contributed by atoms with Gasteiger partial charge in [0.05, 0.1) is 0 Å². The van der Waals surface area contributed by atoms with E-state index in [9.17, 15) is 18.8 Å². The number of rotatable bonds is 4. The Morgan fingerprint density at radius 3 is 2.58 bits per heavy atom. The van der Waals surface area contributed by atoms with E-state index in [1.54, 1.807) is 11.1 Å². The number of pyridine rings is 1. The molecular formula is C23H27FN4O3. The quantitative estimate of drug-likeness (QED) is 0.805. The van der Waals surface area contributed by atoms with Crippen LogP contribution in [0.4, 0.5) is 4.39 Å². The molecule has 1 saturated heterocycles. The molecule has 0 spiro atoms. The van der Waals surface area contributed by atoms with E-state index in [0.717, 1.165) is 25.1 Å². The molecule has 164 valence electrons. The van der Waals surface area contributed by atoms with Crippen molar-refractivity contribution in [2.24, 2.45) is 5.92 Å². The Kier molecular flexibility index (Phi) is 5.91. The standard InChI is InChI=1S/C23H27FN4O3/c1-15(29)27-10-8-20-17(13-27)14-28(19-5-3-18(24)4-6-19)23(31)21(20)22(30)25-11-16-7-9-26(2)12-16/h3-6,14,16H,7-13H2,1-2H3,(H,25,30). The highest BCUT2D eigenvalue weighted by molar-refractivity contribution is 5.96. The van der Waals surface area contributed by atoms with E-state index in [0.29, 0.717) is 43.2 Å². The molecule has 1 atom stereocenters. The number of aromatic nitrogens is 1. The Morgan fingerprint density at radius 2 is 1.94 bits per heavy atom.